The van der Waals surface area contributed by atoms with Gasteiger partial charge in [-0.05, 0) is 0 Å². The first-order valence-electron chi connectivity index (χ1n) is 2.73. The van der Waals surface area contributed by atoms with E-state index in [0.717, 1.165) is 0 Å². The van der Waals surface area contributed by atoms with Gasteiger partial charge >= 0.3 is 5.97 Å². The zero-order chi connectivity index (χ0) is 7.72. The van der Waals surface area contributed by atoms with Crippen molar-refractivity contribution in [2.75, 3.05) is 7.11 Å². The Morgan fingerprint density at radius 3 is 2.60 bits per heavy atom. The normalized spacial score (nSPS) is 30.7. The fourth-order valence-electron chi connectivity index (χ4n) is 0.801. The summed E-state index contributed by atoms with van der Waals surface area (Å²) in [7, 11) is 1.30. The smallest absolute Gasteiger partial charge is 0.329 e. The van der Waals surface area contributed by atoms with E-state index in [2.05, 4.69) is 10.1 Å². The van der Waals surface area contributed by atoms with Crippen LogP contribution in [-0.2, 0) is 14.3 Å². The second-order valence-corrected chi connectivity index (χ2v) is 1.98. The minimum absolute atomic E-state index is 0.366. The van der Waals surface area contributed by atoms with Gasteiger partial charge in [-0.2, -0.15) is 0 Å². The molecule has 1 rings (SSSR count). The number of aliphatic carboxylic acids is 1. The molecule has 0 aromatic heterocycles. The molecule has 5 heteroatoms. The van der Waals surface area contributed by atoms with Gasteiger partial charge in [-0.1, -0.05) is 0 Å². The van der Waals surface area contributed by atoms with Gasteiger partial charge in [0.05, 0.1) is 0 Å². The number of hydrogen-bond acceptors (Lipinski definition) is 3. The van der Waals surface area contributed by atoms with Gasteiger partial charge in [0.2, 0.25) is 0 Å². The lowest BCUT2D eigenvalue weighted by atomic mass is 10.0. The second-order valence-electron chi connectivity index (χ2n) is 1.98. The molecule has 2 atom stereocenters. The maximum atomic E-state index is 10.5. The van der Waals surface area contributed by atoms with Crippen molar-refractivity contribution in [3.63, 3.8) is 0 Å². The number of carboxylic acids is 1. The molecule has 10 heavy (non-hydrogen) atoms. The van der Waals surface area contributed by atoms with E-state index in [0.29, 0.717) is 0 Å². The number of β-lactam (4-membered cyclic amide) rings is 1. The molecule has 0 bridgehead atoms. The quantitative estimate of drug-likeness (QED) is 0.468. The zero-order valence-electron chi connectivity index (χ0n) is 5.33. The summed E-state index contributed by atoms with van der Waals surface area (Å²) < 4.78 is 4.58. The molecule has 0 aliphatic carbocycles. The van der Waals surface area contributed by atoms with Gasteiger partial charge in [0.1, 0.15) is 0 Å². The van der Waals surface area contributed by atoms with Crippen LogP contribution in [0.4, 0.5) is 0 Å². The van der Waals surface area contributed by atoms with Crippen molar-refractivity contribution in [1.82, 2.24) is 5.32 Å². The predicted molar refractivity (Wildman–Crippen MR) is 30.4 cm³/mol. The maximum Gasteiger partial charge on any atom is 0.329 e. The SMILES string of the molecule is CO[C@H]1C(=O)N[C@@H]1C(=O)O. The lowest BCUT2D eigenvalue weighted by Crippen LogP contribution is -2.66. The highest BCUT2D eigenvalue weighted by atomic mass is 16.5. The van der Waals surface area contributed by atoms with E-state index in [4.69, 9.17) is 5.11 Å². The van der Waals surface area contributed by atoms with Crippen LogP contribution >= 0.6 is 0 Å². The minimum Gasteiger partial charge on any atom is -0.480 e. The van der Waals surface area contributed by atoms with E-state index in [9.17, 15) is 9.59 Å². The molecule has 1 saturated heterocycles. The molecule has 0 aromatic rings. The standard InChI is InChI=1S/C5H7NO4/c1-10-3-2(5(8)9)6-4(3)7/h2-3H,1H3,(H,6,7)(H,8,9)/t2-,3+/m0/s1. The molecule has 0 unspecified atom stereocenters. The number of nitrogens with one attached hydrogen (secondary N) is 1. The molecule has 1 aliphatic heterocycles. The molecule has 56 valence electrons. The summed E-state index contributed by atoms with van der Waals surface area (Å²) >= 11 is 0. The van der Waals surface area contributed by atoms with Crippen molar-refractivity contribution in [3.8, 4) is 0 Å². The van der Waals surface area contributed by atoms with Gasteiger partial charge in [-0.3, -0.25) is 4.79 Å². The van der Waals surface area contributed by atoms with Gasteiger partial charge in [-0.15, -0.1) is 0 Å². The highest BCUT2D eigenvalue weighted by molar-refractivity contribution is 5.98. The van der Waals surface area contributed by atoms with Crippen molar-refractivity contribution in [2.45, 2.75) is 12.1 Å². The Hall–Kier alpha value is -1.10. The first-order valence-corrected chi connectivity index (χ1v) is 2.73. The van der Waals surface area contributed by atoms with Gasteiger partial charge < -0.3 is 15.2 Å². The van der Waals surface area contributed by atoms with Crippen LogP contribution in [0.15, 0.2) is 0 Å². The van der Waals surface area contributed by atoms with Crippen LogP contribution in [0.25, 0.3) is 0 Å². The van der Waals surface area contributed by atoms with E-state index in [1.165, 1.54) is 7.11 Å². The van der Waals surface area contributed by atoms with Crippen molar-refractivity contribution in [2.24, 2.45) is 0 Å². The Bertz CT molecular complexity index is 170. The van der Waals surface area contributed by atoms with E-state index >= 15 is 0 Å². The van der Waals surface area contributed by atoms with Crippen molar-refractivity contribution in [3.05, 3.63) is 0 Å². The Morgan fingerprint density at radius 1 is 1.80 bits per heavy atom. The van der Waals surface area contributed by atoms with E-state index in [1.807, 2.05) is 0 Å². The molecular weight excluding hydrogens is 138 g/mol. The lowest BCUT2D eigenvalue weighted by Gasteiger charge is -2.31. The van der Waals surface area contributed by atoms with Crippen LogP contribution in [0.2, 0.25) is 0 Å². The van der Waals surface area contributed by atoms with Crippen LogP contribution in [0.1, 0.15) is 0 Å². The van der Waals surface area contributed by atoms with E-state index in [-0.39, 0.29) is 5.91 Å². The summed E-state index contributed by atoms with van der Waals surface area (Å²) in [6.45, 7) is 0. The first-order chi connectivity index (χ1) is 4.66. The summed E-state index contributed by atoms with van der Waals surface area (Å²) in [4.78, 5) is 20.7. The van der Waals surface area contributed by atoms with Crippen molar-refractivity contribution in [1.29, 1.82) is 0 Å². The molecule has 1 fully saturated rings. The second kappa shape index (κ2) is 2.26. The molecule has 0 spiro atoms. The highest BCUT2D eigenvalue weighted by Gasteiger charge is 2.44. The molecule has 1 aliphatic rings. The number of carbonyl (C=O) groups excluding carboxylic acids is 1. The Labute approximate surface area is 57.0 Å². The summed E-state index contributed by atoms with van der Waals surface area (Å²) in [6.07, 6.45) is -0.808. The molecule has 2 N–H and O–H groups in total. The monoisotopic (exact) mass is 145 g/mol. The summed E-state index contributed by atoms with van der Waals surface area (Å²) in [5, 5.41) is 10.5. The van der Waals surface area contributed by atoms with Crippen molar-refractivity contribution < 1.29 is 19.4 Å². The fraction of sp³-hybridized carbons (Fsp3) is 0.600. The number of ether oxygens (including phenoxy) is 1. The molecule has 1 amide bonds. The van der Waals surface area contributed by atoms with E-state index < -0.39 is 18.1 Å². The third-order valence-electron chi connectivity index (χ3n) is 1.38. The van der Waals surface area contributed by atoms with Gasteiger partial charge in [0, 0.05) is 7.11 Å². The van der Waals surface area contributed by atoms with Crippen LogP contribution in [0.3, 0.4) is 0 Å². The lowest BCUT2D eigenvalue weighted by molar-refractivity contribution is -0.160. The topological polar surface area (TPSA) is 75.6 Å². The van der Waals surface area contributed by atoms with E-state index in [1.54, 1.807) is 0 Å². The van der Waals surface area contributed by atoms with Crippen LogP contribution in [0, 0.1) is 0 Å². The number of carbonyl (C=O) groups is 2. The fourth-order valence-corrected chi connectivity index (χ4v) is 0.801. The number of amides is 1. The summed E-state index contributed by atoms with van der Waals surface area (Å²) in [6, 6.07) is -0.863. The van der Waals surface area contributed by atoms with Crippen molar-refractivity contribution >= 4 is 11.9 Å². The summed E-state index contributed by atoms with van der Waals surface area (Å²) in [5.41, 5.74) is 0. The average Bonchev–Trinajstić information content (AvgIpc) is 1.83. The van der Waals surface area contributed by atoms with Crippen LogP contribution < -0.4 is 5.32 Å². The molecule has 5 nitrogen and oxygen atoms in total. The Morgan fingerprint density at radius 2 is 2.40 bits per heavy atom. The van der Waals surface area contributed by atoms with Gasteiger partial charge in [0.25, 0.3) is 5.91 Å². The molecule has 0 saturated carbocycles. The van der Waals surface area contributed by atoms with Crippen LogP contribution in [-0.4, -0.2) is 36.2 Å². The number of carboxylic acid groups (broad SMARTS) is 1. The Balaban J connectivity index is 2.53. The third kappa shape index (κ3) is 0.841. The minimum atomic E-state index is -1.06. The maximum absolute atomic E-state index is 10.5. The highest BCUT2D eigenvalue weighted by Crippen LogP contribution is 2.08. The Kier molecular flexibility index (Phi) is 1.58. The zero-order valence-corrected chi connectivity index (χ0v) is 5.33. The average molecular weight is 145 g/mol. The van der Waals surface area contributed by atoms with Gasteiger partial charge in [-0.25, -0.2) is 4.79 Å². The number of hydrogen-bond donors (Lipinski definition) is 2. The largest absolute Gasteiger partial charge is 0.480 e. The predicted octanol–water partition coefficient (Wildman–Crippen LogP) is -1.42. The molecule has 1 heterocycles. The number of rotatable bonds is 2. The third-order valence-corrected chi connectivity index (χ3v) is 1.38. The molecule has 0 radical (unpaired) electrons. The molecule has 0 aromatic carbocycles. The van der Waals surface area contributed by atoms with Crippen LogP contribution in [0.5, 0.6) is 0 Å². The molecular formula is C5H7NO4. The van der Waals surface area contributed by atoms with Gasteiger partial charge in [0.15, 0.2) is 12.1 Å². The first kappa shape index (κ1) is 7.01. The summed E-state index contributed by atoms with van der Waals surface area (Å²) in [5.74, 6) is -1.43. The number of methoxy groups -OCH3 is 1.